The minimum Gasteiger partial charge on any atom is -0.395 e. The number of nitrogens with one attached hydrogen (secondary N) is 2. The quantitative estimate of drug-likeness (QED) is 0.635. The lowest BCUT2D eigenvalue weighted by molar-refractivity contribution is 0.292. The van der Waals surface area contributed by atoms with E-state index in [1.807, 2.05) is 12.3 Å². The Morgan fingerprint density at radius 1 is 1.29 bits per heavy atom. The van der Waals surface area contributed by atoms with Crippen molar-refractivity contribution in [2.45, 2.75) is 6.54 Å². The molecule has 0 saturated heterocycles. The molecule has 74 valence electrons. The van der Waals surface area contributed by atoms with E-state index in [1.165, 1.54) is 10.9 Å². The molecule has 0 unspecified atom stereocenters. The number of fused-ring (bicyclic) bond motifs is 1. The molecule has 0 spiro atoms. The van der Waals surface area contributed by atoms with Crippen LogP contribution in [0.25, 0.3) is 10.9 Å². The average molecular weight is 190 g/mol. The number of hydrogen-bond donors (Lipinski definition) is 3. The van der Waals surface area contributed by atoms with Gasteiger partial charge in [-0.1, -0.05) is 12.1 Å². The molecule has 2 rings (SSSR count). The van der Waals surface area contributed by atoms with Crippen LogP contribution >= 0.6 is 0 Å². The lowest BCUT2D eigenvalue weighted by atomic mass is 10.1. The van der Waals surface area contributed by atoms with E-state index in [-0.39, 0.29) is 6.61 Å². The molecule has 0 atom stereocenters. The molecule has 2 aromatic rings. The van der Waals surface area contributed by atoms with Crippen molar-refractivity contribution in [2.24, 2.45) is 0 Å². The monoisotopic (exact) mass is 190 g/mol. The summed E-state index contributed by atoms with van der Waals surface area (Å²) >= 11 is 0. The third-order valence-corrected chi connectivity index (χ3v) is 2.29. The summed E-state index contributed by atoms with van der Waals surface area (Å²) < 4.78 is 0. The summed E-state index contributed by atoms with van der Waals surface area (Å²) in [6.07, 6.45) is 1.94. The van der Waals surface area contributed by atoms with Gasteiger partial charge in [-0.2, -0.15) is 0 Å². The van der Waals surface area contributed by atoms with E-state index in [9.17, 15) is 0 Å². The highest BCUT2D eigenvalue weighted by Crippen LogP contribution is 2.16. The molecular formula is C11H14N2O. The van der Waals surface area contributed by atoms with Crippen LogP contribution in [0.3, 0.4) is 0 Å². The van der Waals surface area contributed by atoms with Crippen LogP contribution in [0.15, 0.2) is 30.5 Å². The van der Waals surface area contributed by atoms with E-state index in [0.29, 0.717) is 6.54 Å². The fraction of sp³-hybridized carbons (Fsp3) is 0.273. The molecule has 3 heteroatoms. The summed E-state index contributed by atoms with van der Waals surface area (Å²) in [6.45, 7) is 1.62. The van der Waals surface area contributed by atoms with Gasteiger partial charge in [-0.15, -0.1) is 0 Å². The van der Waals surface area contributed by atoms with Crippen LogP contribution in [-0.2, 0) is 6.54 Å². The molecule has 0 aliphatic carbocycles. The molecule has 0 bridgehead atoms. The zero-order chi connectivity index (χ0) is 9.80. The highest BCUT2D eigenvalue weighted by atomic mass is 16.3. The van der Waals surface area contributed by atoms with Gasteiger partial charge in [0.15, 0.2) is 0 Å². The van der Waals surface area contributed by atoms with Crippen LogP contribution in [0.1, 0.15) is 5.56 Å². The zero-order valence-corrected chi connectivity index (χ0v) is 7.96. The molecule has 0 amide bonds. The number of benzene rings is 1. The third kappa shape index (κ3) is 1.78. The van der Waals surface area contributed by atoms with Gasteiger partial charge in [0.25, 0.3) is 0 Å². The van der Waals surface area contributed by atoms with Crippen LogP contribution in [-0.4, -0.2) is 23.2 Å². The van der Waals surface area contributed by atoms with Gasteiger partial charge in [0.2, 0.25) is 0 Å². The number of aliphatic hydroxyl groups is 1. The third-order valence-electron chi connectivity index (χ3n) is 2.29. The van der Waals surface area contributed by atoms with Gasteiger partial charge in [0, 0.05) is 30.2 Å². The molecule has 0 aliphatic heterocycles. The molecule has 14 heavy (non-hydrogen) atoms. The number of aliphatic hydroxyl groups excluding tert-OH is 1. The standard InChI is InChI=1S/C11H14N2O/c14-7-6-12-8-9-2-1-3-11-10(9)4-5-13-11/h1-5,12-14H,6-8H2. The maximum absolute atomic E-state index is 8.65. The minimum atomic E-state index is 0.184. The molecule has 0 radical (unpaired) electrons. The fourth-order valence-corrected chi connectivity index (χ4v) is 1.61. The lowest BCUT2D eigenvalue weighted by Gasteiger charge is -2.04. The van der Waals surface area contributed by atoms with Crippen molar-refractivity contribution in [3.05, 3.63) is 36.0 Å². The van der Waals surface area contributed by atoms with Gasteiger partial charge in [-0.25, -0.2) is 0 Å². The Morgan fingerprint density at radius 3 is 3.07 bits per heavy atom. The molecule has 3 nitrogen and oxygen atoms in total. The minimum absolute atomic E-state index is 0.184. The average Bonchev–Trinajstić information content (AvgIpc) is 2.67. The first-order valence-electron chi connectivity index (χ1n) is 4.78. The van der Waals surface area contributed by atoms with Crippen molar-refractivity contribution < 1.29 is 5.11 Å². The molecule has 1 aromatic carbocycles. The van der Waals surface area contributed by atoms with E-state index in [0.717, 1.165) is 12.1 Å². The van der Waals surface area contributed by atoms with E-state index >= 15 is 0 Å². The van der Waals surface area contributed by atoms with Crippen LogP contribution in [0.2, 0.25) is 0 Å². The second-order valence-electron chi connectivity index (χ2n) is 3.26. The molecule has 3 N–H and O–H groups in total. The first-order valence-corrected chi connectivity index (χ1v) is 4.78. The van der Waals surface area contributed by atoms with E-state index < -0.39 is 0 Å². The highest BCUT2D eigenvalue weighted by Gasteiger charge is 1.99. The Labute approximate surface area is 82.8 Å². The van der Waals surface area contributed by atoms with Crippen molar-refractivity contribution in [2.75, 3.05) is 13.2 Å². The largest absolute Gasteiger partial charge is 0.395 e. The van der Waals surface area contributed by atoms with Crippen molar-refractivity contribution in [1.82, 2.24) is 10.3 Å². The number of H-pyrrole nitrogens is 1. The predicted molar refractivity (Wildman–Crippen MR) is 57.1 cm³/mol. The Balaban J connectivity index is 2.19. The Morgan fingerprint density at radius 2 is 2.21 bits per heavy atom. The van der Waals surface area contributed by atoms with Crippen LogP contribution in [0.5, 0.6) is 0 Å². The van der Waals surface area contributed by atoms with Crippen molar-refractivity contribution >= 4 is 10.9 Å². The SMILES string of the molecule is OCCNCc1cccc2[nH]ccc12. The highest BCUT2D eigenvalue weighted by molar-refractivity contribution is 5.82. The van der Waals surface area contributed by atoms with Gasteiger partial charge in [-0.05, 0) is 17.7 Å². The maximum Gasteiger partial charge on any atom is 0.0556 e. The lowest BCUT2D eigenvalue weighted by Crippen LogP contribution is -2.17. The molecule has 0 fully saturated rings. The van der Waals surface area contributed by atoms with Gasteiger partial charge < -0.3 is 15.4 Å². The number of rotatable bonds is 4. The summed E-state index contributed by atoms with van der Waals surface area (Å²) in [7, 11) is 0. The number of aromatic nitrogens is 1. The van der Waals surface area contributed by atoms with Gasteiger partial charge in [0.05, 0.1) is 6.61 Å². The molecule has 1 heterocycles. The van der Waals surface area contributed by atoms with Crippen LogP contribution in [0.4, 0.5) is 0 Å². The van der Waals surface area contributed by atoms with Crippen molar-refractivity contribution in [3.63, 3.8) is 0 Å². The summed E-state index contributed by atoms with van der Waals surface area (Å²) in [5, 5.41) is 13.1. The molecule has 1 aromatic heterocycles. The summed E-state index contributed by atoms with van der Waals surface area (Å²) in [4.78, 5) is 3.17. The molecular weight excluding hydrogens is 176 g/mol. The van der Waals surface area contributed by atoms with E-state index in [2.05, 4.69) is 28.5 Å². The van der Waals surface area contributed by atoms with E-state index in [4.69, 9.17) is 5.11 Å². The van der Waals surface area contributed by atoms with Gasteiger partial charge >= 0.3 is 0 Å². The van der Waals surface area contributed by atoms with Crippen molar-refractivity contribution in [3.8, 4) is 0 Å². The predicted octanol–water partition coefficient (Wildman–Crippen LogP) is 1.25. The molecule has 0 saturated carbocycles. The maximum atomic E-state index is 8.65. The van der Waals surface area contributed by atoms with E-state index in [1.54, 1.807) is 0 Å². The Hall–Kier alpha value is -1.32. The summed E-state index contributed by atoms with van der Waals surface area (Å²) in [5.41, 5.74) is 2.42. The second-order valence-corrected chi connectivity index (χ2v) is 3.26. The number of hydrogen-bond acceptors (Lipinski definition) is 2. The summed E-state index contributed by atoms with van der Waals surface area (Å²) in [5.74, 6) is 0. The van der Waals surface area contributed by atoms with Crippen LogP contribution in [0, 0.1) is 0 Å². The first kappa shape index (κ1) is 9.24. The Bertz CT molecular complexity index is 408. The Kier molecular flexibility index (Phi) is 2.81. The topological polar surface area (TPSA) is 48.0 Å². The normalized spacial score (nSPS) is 10.9. The fourth-order valence-electron chi connectivity index (χ4n) is 1.61. The molecule has 0 aliphatic rings. The van der Waals surface area contributed by atoms with Gasteiger partial charge in [0.1, 0.15) is 0 Å². The summed E-state index contributed by atoms with van der Waals surface area (Å²) in [6, 6.07) is 8.27. The zero-order valence-electron chi connectivity index (χ0n) is 7.96. The first-order chi connectivity index (χ1) is 6.92. The smallest absolute Gasteiger partial charge is 0.0556 e. The number of aromatic amines is 1. The van der Waals surface area contributed by atoms with Gasteiger partial charge in [-0.3, -0.25) is 0 Å². The van der Waals surface area contributed by atoms with Crippen LogP contribution < -0.4 is 5.32 Å². The second kappa shape index (κ2) is 4.26. The van der Waals surface area contributed by atoms with Crippen molar-refractivity contribution in [1.29, 1.82) is 0 Å².